The molecule has 25 heavy (non-hydrogen) atoms. The molecule has 6 nitrogen and oxygen atoms in total. The molecule has 3 rings (SSSR count). The highest BCUT2D eigenvalue weighted by Crippen LogP contribution is 2.11. The maximum Gasteiger partial charge on any atom is 0.256 e. The van der Waals surface area contributed by atoms with Crippen molar-refractivity contribution in [1.82, 2.24) is 15.3 Å². The summed E-state index contributed by atoms with van der Waals surface area (Å²) < 4.78 is 0. The molecular formula is C19H19N3O3. The fraction of sp³-hybridized carbons (Fsp3) is 0.211. The van der Waals surface area contributed by atoms with Crippen molar-refractivity contribution in [1.29, 1.82) is 0 Å². The monoisotopic (exact) mass is 337 g/mol. The number of rotatable bonds is 5. The van der Waals surface area contributed by atoms with Crippen LogP contribution in [0.2, 0.25) is 0 Å². The molecule has 0 spiro atoms. The first-order valence-electron chi connectivity index (χ1n) is 8.10. The van der Waals surface area contributed by atoms with Gasteiger partial charge in [-0.2, -0.15) is 0 Å². The van der Waals surface area contributed by atoms with E-state index in [9.17, 15) is 14.7 Å². The molecule has 0 unspecified atom stereocenters. The second-order valence-corrected chi connectivity index (χ2v) is 5.91. The summed E-state index contributed by atoms with van der Waals surface area (Å²) in [6.07, 6.45) is 2.92. The van der Waals surface area contributed by atoms with E-state index >= 15 is 0 Å². The van der Waals surface area contributed by atoms with Gasteiger partial charge in [-0.15, -0.1) is 0 Å². The van der Waals surface area contributed by atoms with Crippen LogP contribution in [0.3, 0.4) is 0 Å². The zero-order valence-corrected chi connectivity index (χ0v) is 13.9. The zero-order chi connectivity index (χ0) is 17.8. The van der Waals surface area contributed by atoms with Gasteiger partial charge in [0.15, 0.2) is 0 Å². The first kappa shape index (κ1) is 16.7. The van der Waals surface area contributed by atoms with Gasteiger partial charge in [-0.1, -0.05) is 12.1 Å². The first-order chi connectivity index (χ1) is 12.0. The minimum atomic E-state index is -0.394. The topological polar surface area (TPSA) is 95.1 Å². The Morgan fingerprint density at radius 1 is 1.20 bits per heavy atom. The Balaban J connectivity index is 1.62. The van der Waals surface area contributed by atoms with Crippen molar-refractivity contribution in [3.8, 4) is 5.75 Å². The van der Waals surface area contributed by atoms with Crippen LogP contribution in [0.5, 0.6) is 5.75 Å². The third kappa shape index (κ3) is 3.85. The van der Waals surface area contributed by atoms with Crippen molar-refractivity contribution >= 4 is 16.9 Å². The number of amides is 1. The second-order valence-electron chi connectivity index (χ2n) is 5.91. The highest BCUT2D eigenvalue weighted by molar-refractivity contribution is 5.96. The molecule has 0 aliphatic carbocycles. The van der Waals surface area contributed by atoms with Crippen molar-refractivity contribution in [2.24, 2.45) is 0 Å². The molecule has 2 aromatic heterocycles. The number of aromatic hydroxyl groups is 1. The zero-order valence-electron chi connectivity index (χ0n) is 13.9. The van der Waals surface area contributed by atoms with Crippen LogP contribution in [-0.4, -0.2) is 27.5 Å². The Morgan fingerprint density at radius 3 is 2.72 bits per heavy atom. The number of benzene rings is 1. The number of phenols is 1. The molecule has 0 saturated heterocycles. The summed E-state index contributed by atoms with van der Waals surface area (Å²) in [6, 6.07) is 10.4. The molecule has 2 heterocycles. The fourth-order valence-electron chi connectivity index (χ4n) is 2.62. The molecule has 0 aliphatic heterocycles. The van der Waals surface area contributed by atoms with Crippen LogP contribution in [-0.2, 0) is 6.42 Å². The molecule has 3 aromatic rings. The Labute approximate surface area is 144 Å². The largest absolute Gasteiger partial charge is 0.508 e. The molecule has 1 aromatic carbocycles. The van der Waals surface area contributed by atoms with Crippen LogP contribution in [0.15, 0.2) is 47.4 Å². The lowest BCUT2D eigenvalue weighted by Crippen LogP contribution is -2.30. The van der Waals surface area contributed by atoms with Gasteiger partial charge in [0.25, 0.3) is 5.91 Å². The van der Waals surface area contributed by atoms with E-state index in [1.165, 1.54) is 6.20 Å². The third-order valence-electron chi connectivity index (χ3n) is 3.99. The average Bonchev–Trinajstić information content (AvgIpc) is 2.60. The summed E-state index contributed by atoms with van der Waals surface area (Å²) in [5.41, 5.74) is 2.13. The summed E-state index contributed by atoms with van der Waals surface area (Å²) in [6.45, 7) is 2.30. The number of fused-ring (bicyclic) bond motifs is 1. The van der Waals surface area contributed by atoms with Gasteiger partial charge in [-0.25, -0.2) is 4.98 Å². The normalized spacial score (nSPS) is 10.8. The van der Waals surface area contributed by atoms with E-state index in [2.05, 4.69) is 15.3 Å². The number of carbonyl (C=O) groups excluding carboxylic acids is 1. The van der Waals surface area contributed by atoms with E-state index in [1.54, 1.807) is 24.3 Å². The SMILES string of the molecule is Cc1ccc2c(=O)c(C(=O)NCCCc3ccc(O)cc3)c[nH]c2n1. The number of aromatic amines is 1. The number of H-pyrrole nitrogens is 1. The van der Waals surface area contributed by atoms with Crippen LogP contribution in [0, 0.1) is 6.92 Å². The summed E-state index contributed by atoms with van der Waals surface area (Å²) in [4.78, 5) is 31.8. The third-order valence-corrected chi connectivity index (χ3v) is 3.99. The standard InChI is InChI=1S/C19H19N3O3/c1-12-4-9-15-17(24)16(11-21-18(15)22-12)19(25)20-10-2-3-13-5-7-14(23)8-6-13/h4-9,11,23H,2-3,10H2,1H3,(H,20,25)(H,21,22,24). The lowest BCUT2D eigenvalue weighted by Gasteiger charge is -2.06. The Bertz CT molecular complexity index is 962. The predicted molar refractivity (Wildman–Crippen MR) is 95.9 cm³/mol. The van der Waals surface area contributed by atoms with E-state index in [1.807, 2.05) is 19.1 Å². The van der Waals surface area contributed by atoms with Crippen molar-refractivity contribution < 1.29 is 9.90 Å². The van der Waals surface area contributed by atoms with Crippen LogP contribution >= 0.6 is 0 Å². The number of phenolic OH excluding ortho intramolecular Hbond substituents is 1. The number of nitrogens with zero attached hydrogens (tertiary/aromatic N) is 1. The van der Waals surface area contributed by atoms with Gasteiger partial charge >= 0.3 is 0 Å². The smallest absolute Gasteiger partial charge is 0.256 e. The Morgan fingerprint density at radius 2 is 1.96 bits per heavy atom. The average molecular weight is 337 g/mol. The van der Waals surface area contributed by atoms with E-state index in [0.29, 0.717) is 17.6 Å². The lowest BCUT2D eigenvalue weighted by atomic mass is 10.1. The molecular weight excluding hydrogens is 318 g/mol. The molecule has 0 aliphatic rings. The summed E-state index contributed by atoms with van der Waals surface area (Å²) in [5.74, 6) is -0.160. The van der Waals surface area contributed by atoms with E-state index < -0.39 is 5.91 Å². The first-order valence-corrected chi connectivity index (χ1v) is 8.10. The molecule has 0 fully saturated rings. The van der Waals surface area contributed by atoms with Crippen molar-refractivity contribution in [3.63, 3.8) is 0 Å². The number of pyridine rings is 2. The van der Waals surface area contributed by atoms with Gasteiger partial charge in [0.1, 0.15) is 17.0 Å². The van der Waals surface area contributed by atoms with Crippen LogP contribution in [0.25, 0.3) is 11.0 Å². The summed E-state index contributed by atoms with van der Waals surface area (Å²) in [5, 5.41) is 12.4. The van der Waals surface area contributed by atoms with Gasteiger partial charge in [0.05, 0.1) is 5.39 Å². The van der Waals surface area contributed by atoms with Crippen molar-refractivity contribution in [2.45, 2.75) is 19.8 Å². The molecule has 128 valence electrons. The Hall–Kier alpha value is -3.15. The minimum Gasteiger partial charge on any atom is -0.508 e. The summed E-state index contributed by atoms with van der Waals surface area (Å²) >= 11 is 0. The number of hydrogen-bond acceptors (Lipinski definition) is 4. The van der Waals surface area contributed by atoms with Gasteiger partial charge < -0.3 is 15.4 Å². The van der Waals surface area contributed by atoms with Crippen LogP contribution < -0.4 is 10.7 Å². The molecule has 0 radical (unpaired) electrons. The van der Waals surface area contributed by atoms with Crippen molar-refractivity contribution in [2.75, 3.05) is 6.54 Å². The molecule has 3 N–H and O–H groups in total. The highest BCUT2D eigenvalue weighted by Gasteiger charge is 2.13. The van der Waals surface area contributed by atoms with Gasteiger partial charge in [0.2, 0.25) is 5.43 Å². The van der Waals surface area contributed by atoms with E-state index in [4.69, 9.17) is 0 Å². The van der Waals surface area contributed by atoms with E-state index in [0.717, 1.165) is 24.1 Å². The van der Waals surface area contributed by atoms with Gasteiger partial charge in [-0.3, -0.25) is 9.59 Å². The lowest BCUT2D eigenvalue weighted by molar-refractivity contribution is 0.0952. The molecule has 0 atom stereocenters. The Kier molecular flexibility index (Phi) is 4.79. The number of hydrogen-bond donors (Lipinski definition) is 3. The molecule has 0 bridgehead atoms. The fourth-order valence-corrected chi connectivity index (χ4v) is 2.62. The molecule has 0 saturated carbocycles. The van der Waals surface area contributed by atoms with Crippen molar-refractivity contribution in [3.05, 3.63) is 69.6 Å². The van der Waals surface area contributed by atoms with Gasteiger partial charge in [-0.05, 0) is 49.6 Å². The number of aromatic nitrogens is 2. The number of aryl methyl sites for hydroxylation is 2. The number of carbonyl (C=O) groups is 1. The quantitative estimate of drug-likeness (QED) is 0.623. The number of nitrogens with one attached hydrogen (secondary N) is 2. The van der Waals surface area contributed by atoms with E-state index in [-0.39, 0.29) is 16.7 Å². The van der Waals surface area contributed by atoms with Gasteiger partial charge in [0, 0.05) is 18.4 Å². The van der Waals surface area contributed by atoms with Crippen LogP contribution in [0.1, 0.15) is 28.0 Å². The highest BCUT2D eigenvalue weighted by atomic mass is 16.3. The minimum absolute atomic E-state index is 0.0859. The summed E-state index contributed by atoms with van der Waals surface area (Å²) in [7, 11) is 0. The predicted octanol–water partition coefficient (Wildman–Crippen LogP) is 2.30. The van der Waals surface area contributed by atoms with Crippen LogP contribution in [0.4, 0.5) is 0 Å². The molecule has 1 amide bonds. The maximum atomic E-state index is 12.4. The second kappa shape index (κ2) is 7.17. The maximum absolute atomic E-state index is 12.4. The molecule has 6 heteroatoms.